The first-order valence-electron chi connectivity index (χ1n) is 5.84. The highest BCUT2D eigenvalue weighted by Gasteiger charge is 2.34. The number of methoxy groups -OCH3 is 1. The molecule has 0 amide bonds. The minimum atomic E-state index is -5.00. The largest absolute Gasteiger partial charge is 0.574 e. The molecule has 9 heteroatoms. The Labute approximate surface area is 117 Å². The zero-order valence-corrected chi connectivity index (χ0v) is 11.3. The molecule has 0 atom stereocenters. The van der Waals surface area contributed by atoms with Gasteiger partial charge in [-0.15, -0.1) is 13.2 Å². The number of alkyl halides is 4. The zero-order valence-electron chi connectivity index (χ0n) is 11.3. The van der Waals surface area contributed by atoms with Gasteiger partial charge in [0.15, 0.2) is 0 Å². The van der Waals surface area contributed by atoms with E-state index in [1.54, 1.807) is 6.92 Å². The molecule has 0 aromatic carbocycles. The second-order valence-corrected chi connectivity index (χ2v) is 3.76. The van der Waals surface area contributed by atoms with Gasteiger partial charge >= 0.3 is 12.3 Å². The molecule has 0 aliphatic heterocycles. The van der Waals surface area contributed by atoms with Crippen LogP contribution in [0.2, 0.25) is 0 Å². The van der Waals surface area contributed by atoms with Crippen LogP contribution in [0.5, 0.6) is 11.6 Å². The van der Waals surface area contributed by atoms with Crippen molar-refractivity contribution in [3.05, 3.63) is 17.3 Å². The van der Waals surface area contributed by atoms with Crippen LogP contribution in [0.4, 0.5) is 17.6 Å². The van der Waals surface area contributed by atoms with Crippen molar-refractivity contribution in [1.82, 2.24) is 4.98 Å². The fraction of sp³-hybridized carbons (Fsp3) is 0.500. The van der Waals surface area contributed by atoms with Gasteiger partial charge in [-0.05, 0) is 6.92 Å². The maximum Gasteiger partial charge on any atom is 0.574 e. The number of ether oxygens (including phenoxy) is 3. The van der Waals surface area contributed by atoms with E-state index in [1.165, 1.54) is 0 Å². The summed E-state index contributed by atoms with van der Waals surface area (Å²) in [5, 5.41) is 0. The summed E-state index contributed by atoms with van der Waals surface area (Å²) < 4.78 is 63.1. The van der Waals surface area contributed by atoms with Crippen LogP contribution in [0.15, 0.2) is 6.20 Å². The normalized spacial score (nSPS) is 11.1. The van der Waals surface area contributed by atoms with E-state index in [-0.39, 0.29) is 23.5 Å². The molecule has 1 aromatic rings. The third-order valence-electron chi connectivity index (χ3n) is 2.35. The van der Waals surface area contributed by atoms with Gasteiger partial charge in [-0.3, -0.25) is 4.79 Å². The van der Waals surface area contributed by atoms with Crippen LogP contribution in [0.25, 0.3) is 0 Å². The predicted molar refractivity (Wildman–Crippen MR) is 62.6 cm³/mol. The highest BCUT2D eigenvalue weighted by Crippen LogP contribution is 2.34. The van der Waals surface area contributed by atoms with Gasteiger partial charge in [0.2, 0.25) is 5.88 Å². The predicted octanol–water partition coefficient (Wildman–Crippen LogP) is 2.56. The van der Waals surface area contributed by atoms with Gasteiger partial charge in [-0.1, -0.05) is 0 Å². The van der Waals surface area contributed by atoms with Crippen molar-refractivity contribution in [2.24, 2.45) is 0 Å². The van der Waals surface area contributed by atoms with Gasteiger partial charge in [0.25, 0.3) is 0 Å². The molecular weight excluding hydrogens is 298 g/mol. The van der Waals surface area contributed by atoms with E-state index in [0.29, 0.717) is 0 Å². The maximum atomic E-state index is 12.8. The molecule has 0 N–H and O–H groups in total. The average molecular weight is 311 g/mol. The van der Waals surface area contributed by atoms with Gasteiger partial charge in [0.1, 0.15) is 12.4 Å². The minimum Gasteiger partial charge on any atom is -0.496 e. The summed E-state index contributed by atoms with van der Waals surface area (Å²) in [6, 6.07) is 0. The van der Waals surface area contributed by atoms with Crippen LogP contribution in [-0.4, -0.2) is 31.0 Å². The molecule has 0 unspecified atom stereocenters. The molecule has 0 fully saturated rings. The molecular formula is C12H13F4NO4. The Balaban J connectivity index is 3.26. The molecule has 0 aliphatic rings. The van der Waals surface area contributed by atoms with E-state index in [1.807, 2.05) is 0 Å². The Morgan fingerprint density at radius 2 is 2.05 bits per heavy atom. The Bertz CT molecular complexity index is 505. The van der Waals surface area contributed by atoms with Gasteiger partial charge in [0, 0.05) is 11.8 Å². The summed E-state index contributed by atoms with van der Waals surface area (Å²) in [7, 11) is 1.14. The van der Waals surface area contributed by atoms with Crippen molar-refractivity contribution in [2.75, 3.05) is 13.7 Å². The lowest BCUT2D eigenvalue weighted by atomic mass is 10.1. The Kier molecular flexibility index (Phi) is 5.74. The number of nitrogens with zero attached hydrogens (tertiary/aromatic N) is 1. The zero-order chi connectivity index (χ0) is 16.0. The third-order valence-corrected chi connectivity index (χ3v) is 2.35. The van der Waals surface area contributed by atoms with E-state index >= 15 is 0 Å². The summed E-state index contributed by atoms with van der Waals surface area (Å²) in [4.78, 5) is 14.8. The Hall–Kier alpha value is -2.06. The van der Waals surface area contributed by atoms with E-state index in [4.69, 9.17) is 4.74 Å². The lowest BCUT2D eigenvalue weighted by molar-refractivity contribution is -0.276. The van der Waals surface area contributed by atoms with Gasteiger partial charge in [0.05, 0.1) is 25.7 Å². The average Bonchev–Trinajstić information content (AvgIpc) is 2.39. The standard InChI is InChI=1S/C12H13F4NO4/c1-3-20-9(18)4-8-10(19-2)7(5-13)6-17-11(8)21-12(14,15)16/h6H,3-5H2,1-2H3. The van der Waals surface area contributed by atoms with Gasteiger partial charge < -0.3 is 14.2 Å². The van der Waals surface area contributed by atoms with Gasteiger partial charge in [-0.25, -0.2) is 9.37 Å². The summed E-state index contributed by atoms with van der Waals surface area (Å²) in [6.45, 7) is 0.573. The molecule has 0 bridgehead atoms. The quantitative estimate of drug-likeness (QED) is 0.597. The highest BCUT2D eigenvalue weighted by atomic mass is 19.4. The maximum absolute atomic E-state index is 12.8. The van der Waals surface area contributed by atoms with E-state index in [9.17, 15) is 22.4 Å². The number of hydrogen-bond acceptors (Lipinski definition) is 5. The van der Waals surface area contributed by atoms with Gasteiger partial charge in [-0.2, -0.15) is 0 Å². The molecule has 1 rings (SSSR count). The van der Waals surface area contributed by atoms with Crippen LogP contribution in [0, 0.1) is 0 Å². The van der Waals surface area contributed by atoms with Crippen molar-refractivity contribution in [3.8, 4) is 11.6 Å². The fourth-order valence-corrected chi connectivity index (χ4v) is 1.62. The smallest absolute Gasteiger partial charge is 0.496 e. The number of hydrogen-bond donors (Lipinski definition) is 0. The SMILES string of the molecule is CCOC(=O)Cc1c(OC(F)(F)F)ncc(CF)c1OC. The third kappa shape index (κ3) is 4.76. The number of esters is 1. The minimum absolute atomic E-state index is 0.0485. The van der Waals surface area contributed by atoms with Crippen molar-refractivity contribution >= 4 is 5.97 Å². The Morgan fingerprint density at radius 1 is 1.38 bits per heavy atom. The van der Waals surface area contributed by atoms with E-state index in [0.717, 1.165) is 13.3 Å². The molecule has 0 radical (unpaired) electrons. The molecule has 0 saturated carbocycles. The first-order chi connectivity index (χ1) is 9.82. The number of aromatic nitrogens is 1. The Morgan fingerprint density at radius 3 is 2.52 bits per heavy atom. The van der Waals surface area contributed by atoms with Crippen molar-refractivity contribution < 1.29 is 36.6 Å². The highest BCUT2D eigenvalue weighted by molar-refractivity contribution is 5.74. The van der Waals surface area contributed by atoms with Crippen LogP contribution >= 0.6 is 0 Å². The lowest BCUT2D eigenvalue weighted by Crippen LogP contribution is -2.20. The molecule has 5 nitrogen and oxygen atoms in total. The molecule has 0 aliphatic carbocycles. The van der Waals surface area contributed by atoms with Crippen molar-refractivity contribution in [2.45, 2.75) is 26.4 Å². The van der Waals surface area contributed by atoms with Crippen LogP contribution in [0.3, 0.4) is 0 Å². The number of carbonyl (C=O) groups excluding carboxylic acids is 1. The fourth-order valence-electron chi connectivity index (χ4n) is 1.62. The van der Waals surface area contributed by atoms with E-state index in [2.05, 4.69) is 14.5 Å². The van der Waals surface area contributed by atoms with Crippen molar-refractivity contribution in [1.29, 1.82) is 0 Å². The summed E-state index contributed by atoms with van der Waals surface area (Å²) >= 11 is 0. The van der Waals surface area contributed by atoms with Crippen LogP contribution < -0.4 is 9.47 Å². The first-order valence-corrected chi connectivity index (χ1v) is 5.84. The number of pyridine rings is 1. The molecule has 118 valence electrons. The summed E-state index contributed by atoms with van der Waals surface area (Å²) in [6.07, 6.45) is -4.73. The van der Waals surface area contributed by atoms with Crippen LogP contribution in [0.1, 0.15) is 18.1 Å². The second kappa shape index (κ2) is 7.09. The number of carbonyl (C=O) groups is 1. The molecule has 21 heavy (non-hydrogen) atoms. The van der Waals surface area contributed by atoms with Crippen LogP contribution in [-0.2, 0) is 22.6 Å². The number of rotatable bonds is 6. The topological polar surface area (TPSA) is 57.7 Å². The summed E-state index contributed by atoms with van der Waals surface area (Å²) in [5.74, 6) is -1.90. The molecule has 1 aromatic heterocycles. The summed E-state index contributed by atoms with van der Waals surface area (Å²) in [5.41, 5.74) is -0.408. The van der Waals surface area contributed by atoms with Crippen molar-refractivity contribution in [3.63, 3.8) is 0 Å². The monoisotopic (exact) mass is 311 g/mol. The lowest BCUT2D eigenvalue weighted by Gasteiger charge is -2.16. The molecule has 0 spiro atoms. The molecule has 0 saturated heterocycles. The molecule has 1 heterocycles. The second-order valence-electron chi connectivity index (χ2n) is 3.76. The van der Waals surface area contributed by atoms with E-state index < -0.39 is 31.3 Å². The number of halogens is 4. The first kappa shape index (κ1) is 17.0.